The Balaban J connectivity index is 0.00000259. The molecule has 4 atom stereocenters. The van der Waals surface area contributed by atoms with E-state index in [9.17, 15) is 9.90 Å². The average Bonchev–Trinajstić information content (AvgIpc) is 3.29. The molecule has 9 nitrogen and oxygen atoms in total. The number of nitrogens with zero attached hydrogens (tertiary/aromatic N) is 2. The third-order valence-electron chi connectivity index (χ3n) is 8.23. The molecule has 7 N–H and O–H groups in total. The van der Waals surface area contributed by atoms with Gasteiger partial charge in [0.15, 0.2) is 5.96 Å². The van der Waals surface area contributed by atoms with Crippen molar-refractivity contribution in [3.63, 3.8) is 0 Å². The van der Waals surface area contributed by atoms with E-state index in [0.29, 0.717) is 26.1 Å². The van der Waals surface area contributed by atoms with E-state index in [0.717, 1.165) is 42.9 Å². The van der Waals surface area contributed by atoms with Crippen molar-refractivity contribution in [1.82, 2.24) is 26.1 Å². The second-order valence-electron chi connectivity index (χ2n) is 10.9. The van der Waals surface area contributed by atoms with Crippen LogP contribution in [0.4, 0.5) is 0 Å². The fourth-order valence-electron chi connectivity index (χ4n) is 7.45. The normalized spacial score (nSPS) is 35.2. The molecule has 0 radical (unpaired) electrons. The topological polar surface area (TPSA) is 140 Å². The Hall–Kier alpha value is -1.84. The first kappa shape index (κ1) is 24.3. The minimum absolute atomic E-state index is 0. The summed E-state index contributed by atoms with van der Waals surface area (Å²) in [5, 5.41) is 26.6. The summed E-state index contributed by atoms with van der Waals surface area (Å²) in [6.45, 7) is 3.17. The molecule has 1 aromatic heterocycles. The van der Waals surface area contributed by atoms with E-state index in [2.05, 4.69) is 31.1 Å². The highest BCUT2D eigenvalue weighted by molar-refractivity contribution is 5.85. The SMILES string of the molecule is Cl.NCCC(C(=O)NCC12CC3CC(C1)CC(CNC1=NCC(O)CN1)(C3)C2)c1cn[nH]c1. The van der Waals surface area contributed by atoms with Crippen LogP contribution in [-0.4, -0.2) is 66.0 Å². The molecule has 6 rings (SSSR count). The minimum atomic E-state index is -0.392. The third kappa shape index (κ3) is 5.15. The molecule has 2 heterocycles. The fourth-order valence-corrected chi connectivity index (χ4v) is 7.45. The van der Waals surface area contributed by atoms with E-state index < -0.39 is 6.10 Å². The van der Waals surface area contributed by atoms with Gasteiger partial charge in [0.05, 0.1) is 24.8 Å². The summed E-state index contributed by atoms with van der Waals surface area (Å²) in [4.78, 5) is 17.5. The molecule has 1 amide bonds. The number of aliphatic hydroxyl groups is 1. The zero-order valence-corrected chi connectivity index (χ0v) is 20.0. The number of nitrogens with one attached hydrogen (secondary N) is 4. The predicted molar refractivity (Wildman–Crippen MR) is 129 cm³/mol. The standard InChI is InChI=1S/C23H37N7O2.ClH/c24-2-1-19(17-8-29-30-9-17)20(32)27-13-22-4-15-3-16(5-22)7-23(6-15,12-22)14-28-21-25-10-18(31)11-26-21;/h8-9,15-16,18-19,31H,1-7,10-14,24H2,(H,27,32)(H,29,30)(H2,25,26,28);1H. The highest BCUT2D eigenvalue weighted by Crippen LogP contribution is 2.64. The van der Waals surface area contributed by atoms with Crippen LogP contribution in [0.3, 0.4) is 0 Å². The molecule has 4 bridgehead atoms. The number of aromatic nitrogens is 2. The Labute approximate surface area is 201 Å². The number of nitrogens with two attached hydrogens (primary N) is 1. The lowest BCUT2D eigenvalue weighted by atomic mass is 9.44. The average molecular weight is 480 g/mol. The number of β-amino-alcohol motifs (C(OH)–C–C–N with tert-alkyl or cyclic N) is 1. The summed E-state index contributed by atoms with van der Waals surface area (Å²) in [5.74, 6) is 2.16. The summed E-state index contributed by atoms with van der Waals surface area (Å²) < 4.78 is 0. The van der Waals surface area contributed by atoms with Crippen LogP contribution in [0.15, 0.2) is 17.4 Å². The smallest absolute Gasteiger partial charge is 0.227 e. The van der Waals surface area contributed by atoms with Crippen molar-refractivity contribution in [2.24, 2.45) is 33.4 Å². The summed E-state index contributed by atoms with van der Waals surface area (Å²) >= 11 is 0. The van der Waals surface area contributed by atoms with E-state index in [1.807, 2.05) is 0 Å². The quantitative estimate of drug-likeness (QED) is 0.327. The van der Waals surface area contributed by atoms with E-state index in [4.69, 9.17) is 5.73 Å². The molecular weight excluding hydrogens is 442 g/mol. The Morgan fingerprint density at radius 1 is 1.24 bits per heavy atom. The van der Waals surface area contributed by atoms with Gasteiger partial charge in [-0.3, -0.25) is 14.9 Å². The molecule has 4 unspecified atom stereocenters. The first-order valence-electron chi connectivity index (χ1n) is 12.1. The molecule has 184 valence electrons. The Bertz CT molecular complexity index is 832. The maximum Gasteiger partial charge on any atom is 0.227 e. The number of hydrogen-bond donors (Lipinski definition) is 6. The summed E-state index contributed by atoms with van der Waals surface area (Å²) in [6, 6.07) is 0. The van der Waals surface area contributed by atoms with E-state index in [1.165, 1.54) is 32.1 Å². The zero-order chi connectivity index (χ0) is 22.2. The lowest BCUT2D eigenvalue weighted by molar-refractivity contribution is -0.128. The van der Waals surface area contributed by atoms with Gasteiger partial charge in [0, 0.05) is 31.4 Å². The van der Waals surface area contributed by atoms with Gasteiger partial charge in [-0.15, -0.1) is 12.4 Å². The number of hydrogen-bond acceptors (Lipinski definition) is 7. The van der Waals surface area contributed by atoms with Crippen LogP contribution in [0.5, 0.6) is 0 Å². The van der Waals surface area contributed by atoms with Gasteiger partial charge in [-0.1, -0.05) is 0 Å². The number of halogens is 1. The van der Waals surface area contributed by atoms with Crippen molar-refractivity contribution in [1.29, 1.82) is 0 Å². The van der Waals surface area contributed by atoms with E-state index in [1.54, 1.807) is 12.4 Å². The molecule has 5 aliphatic rings. The maximum absolute atomic E-state index is 13.1. The van der Waals surface area contributed by atoms with Crippen LogP contribution in [-0.2, 0) is 4.79 Å². The molecule has 1 aliphatic heterocycles. The Kier molecular flexibility index (Phi) is 7.21. The largest absolute Gasteiger partial charge is 0.389 e. The summed E-state index contributed by atoms with van der Waals surface area (Å²) in [7, 11) is 0. The third-order valence-corrected chi connectivity index (χ3v) is 8.23. The van der Waals surface area contributed by atoms with E-state index in [-0.39, 0.29) is 35.1 Å². The first-order valence-corrected chi connectivity index (χ1v) is 12.1. The van der Waals surface area contributed by atoms with Gasteiger partial charge in [-0.2, -0.15) is 5.10 Å². The number of amides is 1. The van der Waals surface area contributed by atoms with Crippen LogP contribution in [0.2, 0.25) is 0 Å². The molecule has 10 heteroatoms. The van der Waals surface area contributed by atoms with Crippen molar-refractivity contribution in [2.75, 3.05) is 32.7 Å². The first-order chi connectivity index (χ1) is 15.5. The zero-order valence-electron chi connectivity index (χ0n) is 19.2. The Morgan fingerprint density at radius 2 is 1.97 bits per heavy atom. The summed E-state index contributed by atoms with van der Waals surface area (Å²) in [6.07, 6.45) is 11.3. The number of aliphatic hydroxyl groups excluding tert-OH is 1. The molecule has 0 saturated heterocycles. The van der Waals surface area contributed by atoms with Crippen LogP contribution < -0.4 is 21.7 Å². The van der Waals surface area contributed by atoms with Crippen molar-refractivity contribution < 1.29 is 9.90 Å². The monoisotopic (exact) mass is 479 g/mol. The molecule has 4 aliphatic carbocycles. The molecule has 0 aromatic carbocycles. The lowest BCUT2D eigenvalue weighted by Crippen LogP contribution is -2.59. The number of guanidine groups is 1. The number of aliphatic imine (C=N–C) groups is 1. The molecule has 4 saturated carbocycles. The van der Waals surface area contributed by atoms with Gasteiger partial charge in [-0.25, -0.2) is 0 Å². The van der Waals surface area contributed by atoms with Gasteiger partial charge in [-0.05, 0) is 74.2 Å². The number of rotatable bonds is 8. The second kappa shape index (κ2) is 9.80. The van der Waals surface area contributed by atoms with Crippen molar-refractivity contribution in [2.45, 2.75) is 57.0 Å². The predicted octanol–water partition coefficient (Wildman–Crippen LogP) is 0.876. The molecule has 33 heavy (non-hydrogen) atoms. The van der Waals surface area contributed by atoms with Crippen molar-refractivity contribution in [3.8, 4) is 0 Å². The molecule has 4 fully saturated rings. The van der Waals surface area contributed by atoms with Crippen LogP contribution in [0.25, 0.3) is 0 Å². The number of carbonyl (C=O) groups is 1. The van der Waals surface area contributed by atoms with Gasteiger partial charge in [0.2, 0.25) is 5.91 Å². The maximum atomic E-state index is 13.1. The van der Waals surface area contributed by atoms with Crippen LogP contribution in [0, 0.1) is 22.7 Å². The highest BCUT2D eigenvalue weighted by Gasteiger charge is 2.57. The Morgan fingerprint density at radius 3 is 2.58 bits per heavy atom. The number of aromatic amines is 1. The fraction of sp³-hybridized carbons (Fsp3) is 0.783. The number of H-pyrrole nitrogens is 1. The minimum Gasteiger partial charge on any atom is -0.389 e. The summed E-state index contributed by atoms with van der Waals surface area (Å²) in [5.41, 5.74) is 7.17. The van der Waals surface area contributed by atoms with E-state index >= 15 is 0 Å². The van der Waals surface area contributed by atoms with Crippen molar-refractivity contribution in [3.05, 3.63) is 18.0 Å². The molecule has 1 aromatic rings. The molecule has 0 spiro atoms. The van der Waals surface area contributed by atoms with Gasteiger partial charge >= 0.3 is 0 Å². The van der Waals surface area contributed by atoms with Crippen LogP contribution in [0.1, 0.15) is 56.4 Å². The van der Waals surface area contributed by atoms with Gasteiger partial charge < -0.3 is 26.8 Å². The number of carbonyl (C=O) groups excluding carboxylic acids is 1. The van der Waals surface area contributed by atoms with Gasteiger partial charge in [0.1, 0.15) is 0 Å². The lowest BCUT2D eigenvalue weighted by Gasteiger charge is -2.62. The highest BCUT2D eigenvalue weighted by atomic mass is 35.5. The molecular formula is C23H38ClN7O2. The van der Waals surface area contributed by atoms with Crippen LogP contribution >= 0.6 is 12.4 Å². The van der Waals surface area contributed by atoms with Crippen molar-refractivity contribution >= 4 is 24.3 Å². The second-order valence-corrected chi connectivity index (χ2v) is 10.9. The van der Waals surface area contributed by atoms with Gasteiger partial charge in [0.25, 0.3) is 0 Å².